The van der Waals surface area contributed by atoms with Gasteiger partial charge < -0.3 is 15.2 Å². The normalized spacial score (nSPS) is 11.8. The third kappa shape index (κ3) is 3.79. The lowest BCUT2D eigenvalue weighted by atomic mass is 10.3. The summed E-state index contributed by atoms with van der Waals surface area (Å²) in [5, 5.41) is 11.5. The van der Waals surface area contributed by atoms with E-state index in [0.717, 1.165) is 22.3 Å². The molecule has 9 nitrogen and oxygen atoms in total. The number of aliphatic hydroxyl groups excluding tert-OH is 1. The molecule has 2 N–H and O–H groups in total. The van der Waals surface area contributed by atoms with E-state index in [1.54, 1.807) is 0 Å². The molecule has 0 aromatic carbocycles. The number of methoxy groups -OCH3 is 1. The van der Waals surface area contributed by atoms with Gasteiger partial charge in [-0.1, -0.05) is 0 Å². The van der Waals surface area contributed by atoms with Gasteiger partial charge in [-0.15, -0.1) is 0 Å². The number of hydrogen-bond donors (Lipinski definition) is 2. The molecule has 1 atom stereocenters. The molecule has 1 heterocycles. The number of carbonyl (C=O) groups excluding carboxylic acids is 2. The summed E-state index contributed by atoms with van der Waals surface area (Å²) in [6, 6.07) is 1.15. The Morgan fingerprint density at radius 1 is 1.45 bits per heavy atom. The third-order valence-electron chi connectivity index (χ3n) is 2.54. The molecule has 1 rings (SSSR count). The Morgan fingerprint density at radius 3 is 2.70 bits per heavy atom. The first-order chi connectivity index (χ1) is 9.36. The van der Waals surface area contributed by atoms with Crippen LogP contribution in [0.2, 0.25) is 0 Å². The first-order valence-corrected chi connectivity index (χ1v) is 5.66. The van der Waals surface area contributed by atoms with Crippen molar-refractivity contribution in [3.8, 4) is 0 Å². The van der Waals surface area contributed by atoms with Gasteiger partial charge in [0.15, 0.2) is 6.10 Å². The maximum Gasteiger partial charge on any atom is 0.336 e. The van der Waals surface area contributed by atoms with Gasteiger partial charge in [-0.2, -0.15) is 0 Å². The van der Waals surface area contributed by atoms with Crippen LogP contribution in [0.1, 0.15) is 0 Å². The van der Waals surface area contributed by atoms with Gasteiger partial charge in [-0.3, -0.25) is 18.7 Å². The zero-order valence-electron chi connectivity index (χ0n) is 11.0. The minimum atomic E-state index is -1.47. The highest BCUT2D eigenvalue weighted by Crippen LogP contribution is 1.86. The molecule has 0 fully saturated rings. The van der Waals surface area contributed by atoms with Crippen molar-refractivity contribution in [2.75, 3.05) is 13.7 Å². The fraction of sp³-hybridized carbons (Fsp3) is 0.455. The van der Waals surface area contributed by atoms with E-state index in [1.165, 1.54) is 13.2 Å². The monoisotopic (exact) mass is 285 g/mol. The van der Waals surface area contributed by atoms with Gasteiger partial charge in [-0.05, 0) is 0 Å². The quantitative estimate of drug-likeness (QED) is 0.564. The summed E-state index contributed by atoms with van der Waals surface area (Å²) in [5.41, 5.74) is -1.12. The molecular formula is C11H15N3O6. The van der Waals surface area contributed by atoms with E-state index >= 15 is 0 Å². The molecule has 0 saturated heterocycles. The lowest BCUT2D eigenvalue weighted by Crippen LogP contribution is -2.42. The Hall–Kier alpha value is -2.42. The maximum absolute atomic E-state index is 11.6. The maximum atomic E-state index is 11.6. The number of hydrogen-bond acceptors (Lipinski definition) is 6. The number of nitrogens with one attached hydrogen (secondary N) is 1. The van der Waals surface area contributed by atoms with Crippen LogP contribution in [0.5, 0.6) is 0 Å². The Balaban J connectivity index is 2.64. The summed E-state index contributed by atoms with van der Waals surface area (Å²) in [6.45, 7) is -0.660. The minimum absolute atomic E-state index is 0.327. The van der Waals surface area contributed by atoms with Crippen molar-refractivity contribution < 1.29 is 19.4 Å². The van der Waals surface area contributed by atoms with Crippen molar-refractivity contribution in [1.82, 2.24) is 14.5 Å². The highest BCUT2D eigenvalue weighted by molar-refractivity contribution is 5.78. The van der Waals surface area contributed by atoms with Crippen molar-refractivity contribution >= 4 is 11.9 Å². The van der Waals surface area contributed by atoms with Gasteiger partial charge >= 0.3 is 11.7 Å². The van der Waals surface area contributed by atoms with E-state index in [2.05, 4.69) is 10.1 Å². The third-order valence-corrected chi connectivity index (χ3v) is 2.54. The van der Waals surface area contributed by atoms with E-state index < -0.39 is 29.2 Å². The van der Waals surface area contributed by atoms with Gasteiger partial charge in [0.05, 0.1) is 13.7 Å². The van der Waals surface area contributed by atoms with Crippen LogP contribution in [0.15, 0.2) is 21.9 Å². The van der Waals surface area contributed by atoms with Crippen molar-refractivity contribution in [3.05, 3.63) is 33.1 Å². The molecule has 1 amide bonds. The van der Waals surface area contributed by atoms with Crippen LogP contribution in [0, 0.1) is 0 Å². The summed E-state index contributed by atoms with van der Waals surface area (Å²) in [7, 11) is 2.40. The topological polar surface area (TPSA) is 120 Å². The summed E-state index contributed by atoms with van der Waals surface area (Å²) in [4.78, 5) is 45.3. The minimum Gasteiger partial charge on any atom is -0.467 e. The molecule has 0 spiro atoms. The van der Waals surface area contributed by atoms with Gasteiger partial charge in [0.2, 0.25) is 5.91 Å². The SMILES string of the molecule is COC(=O)C(O)CNC(=O)Cn1ccc(=O)n(C)c1=O. The fourth-order valence-corrected chi connectivity index (χ4v) is 1.38. The number of esters is 1. The van der Waals surface area contributed by atoms with Crippen LogP contribution in [-0.2, 0) is 27.9 Å². The highest BCUT2D eigenvalue weighted by atomic mass is 16.5. The number of ether oxygens (including phenoxy) is 1. The van der Waals surface area contributed by atoms with Crippen LogP contribution < -0.4 is 16.6 Å². The number of aliphatic hydroxyl groups is 1. The number of carbonyl (C=O) groups is 2. The smallest absolute Gasteiger partial charge is 0.336 e. The van der Waals surface area contributed by atoms with E-state index in [4.69, 9.17) is 0 Å². The first kappa shape index (κ1) is 15.6. The van der Waals surface area contributed by atoms with Crippen molar-refractivity contribution in [3.63, 3.8) is 0 Å². The van der Waals surface area contributed by atoms with Crippen LogP contribution in [-0.4, -0.2) is 45.9 Å². The molecule has 9 heteroatoms. The van der Waals surface area contributed by atoms with Crippen LogP contribution in [0.3, 0.4) is 0 Å². The predicted octanol–water partition coefficient (Wildman–Crippen LogP) is -2.80. The largest absolute Gasteiger partial charge is 0.467 e. The second kappa shape index (κ2) is 6.66. The number of nitrogens with zero attached hydrogens (tertiary/aromatic N) is 2. The second-order valence-electron chi connectivity index (χ2n) is 3.97. The Bertz CT molecular complexity index is 617. The lowest BCUT2D eigenvalue weighted by Gasteiger charge is -2.10. The van der Waals surface area contributed by atoms with Gasteiger partial charge in [0.25, 0.3) is 5.56 Å². The fourth-order valence-electron chi connectivity index (χ4n) is 1.38. The number of rotatable bonds is 5. The molecule has 0 radical (unpaired) electrons. The molecule has 0 saturated carbocycles. The van der Waals surface area contributed by atoms with E-state index in [1.807, 2.05) is 0 Å². The second-order valence-corrected chi connectivity index (χ2v) is 3.97. The molecule has 20 heavy (non-hydrogen) atoms. The first-order valence-electron chi connectivity index (χ1n) is 5.66. The molecule has 0 aliphatic heterocycles. The van der Waals surface area contributed by atoms with Gasteiger partial charge in [-0.25, -0.2) is 9.59 Å². The molecule has 1 unspecified atom stereocenters. The van der Waals surface area contributed by atoms with E-state index in [9.17, 15) is 24.3 Å². The molecule has 1 aromatic heterocycles. The molecule has 0 aliphatic rings. The van der Waals surface area contributed by atoms with E-state index in [0.29, 0.717) is 0 Å². The van der Waals surface area contributed by atoms with Crippen LogP contribution in [0.4, 0.5) is 0 Å². The zero-order valence-corrected chi connectivity index (χ0v) is 11.0. The van der Waals surface area contributed by atoms with Crippen molar-refractivity contribution in [2.45, 2.75) is 12.6 Å². The average molecular weight is 285 g/mol. The number of aromatic nitrogens is 2. The summed E-state index contributed by atoms with van der Waals surface area (Å²) in [6.07, 6.45) is -0.276. The van der Waals surface area contributed by atoms with Crippen molar-refractivity contribution in [1.29, 1.82) is 0 Å². The average Bonchev–Trinajstić information content (AvgIpc) is 2.44. The Kier molecular flexibility index (Phi) is 5.21. The summed E-state index contributed by atoms with van der Waals surface area (Å²) < 4.78 is 6.16. The van der Waals surface area contributed by atoms with Gasteiger partial charge in [0, 0.05) is 19.3 Å². The molecule has 0 aliphatic carbocycles. The highest BCUT2D eigenvalue weighted by Gasteiger charge is 2.16. The summed E-state index contributed by atoms with van der Waals surface area (Å²) >= 11 is 0. The zero-order chi connectivity index (χ0) is 15.3. The molecular weight excluding hydrogens is 270 g/mol. The van der Waals surface area contributed by atoms with Crippen LogP contribution >= 0.6 is 0 Å². The Morgan fingerprint density at radius 2 is 2.10 bits per heavy atom. The number of amides is 1. The molecule has 0 bridgehead atoms. The van der Waals surface area contributed by atoms with Crippen molar-refractivity contribution in [2.24, 2.45) is 7.05 Å². The summed E-state index contributed by atoms with van der Waals surface area (Å²) in [5.74, 6) is -1.46. The van der Waals surface area contributed by atoms with E-state index in [-0.39, 0.29) is 13.1 Å². The van der Waals surface area contributed by atoms with Gasteiger partial charge in [0.1, 0.15) is 6.54 Å². The molecule has 110 valence electrons. The Labute approximate surface area is 113 Å². The van der Waals surface area contributed by atoms with Crippen LogP contribution in [0.25, 0.3) is 0 Å². The predicted molar refractivity (Wildman–Crippen MR) is 67.0 cm³/mol. The standard InChI is InChI=1S/C11H15N3O6/c1-13-9(17)3-4-14(11(13)19)6-8(16)12-5-7(15)10(18)20-2/h3-4,7,15H,5-6H2,1-2H3,(H,12,16). The lowest BCUT2D eigenvalue weighted by molar-refractivity contribution is -0.150. The molecule has 1 aromatic rings.